The fourth-order valence-corrected chi connectivity index (χ4v) is 6.13. The van der Waals surface area contributed by atoms with E-state index < -0.39 is 46.1 Å². The van der Waals surface area contributed by atoms with Gasteiger partial charge in [-0.15, -0.1) is 0 Å². The van der Waals surface area contributed by atoms with Crippen molar-refractivity contribution < 1.29 is 38.9 Å². The second-order valence-electron chi connectivity index (χ2n) is 6.42. The Morgan fingerprint density at radius 3 is 2.07 bits per heavy atom. The van der Waals surface area contributed by atoms with E-state index in [0.717, 1.165) is 0 Å². The lowest BCUT2D eigenvalue weighted by molar-refractivity contribution is 0.480. The fraction of sp³-hybridized carbons (Fsp3) is 0.125. The second-order valence-corrected chi connectivity index (χ2v) is 10.6. The molecule has 0 amide bonds. The molecule has 1 unspecified atom stereocenters. The summed E-state index contributed by atoms with van der Waals surface area (Å²) >= 11 is 0. The van der Waals surface area contributed by atoms with Crippen LogP contribution in [0.4, 0.5) is 0 Å². The summed E-state index contributed by atoms with van der Waals surface area (Å²) in [6.07, 6.45) is 4.01. The van der Waals surface area contributed by atoms with Gasteiger partial charge < -0.3 is 0 Å². The Morgan fingerprint density at radius 2 is 1.50 bits per heavy atom. The lowest BCUT2D eigenvalue weighted by atomic mass is 9.79. The highest BCUT2D eigenvalue weighted by Gasteiger charge is 2.36. The minimum absolute atomic E-state index is 0.0328. The first kappa shape index (κ1) is 19.2. The zero-order valence-corrected chi connectivity index (χ0v) is 16.2. The molecule has 4 rings (SSSR count). The van der Waals surface area contributed by atoms with Gasteiger partial charge in [0.25, 0.3) is 30.4 Å². The first-order valence-electron chi connectivity index (χ1n) is 7.73. The van der Waals surface area contributed by atoms with Gasteiger partial charge in [-0.05, 0) is 29.0 Å². The van der Waals surface area contributed by atoms with Crippen molar-refractivity contribution in [2.24, 2.45) is 0 Å². The van der Waals surface area contributed by atoms with Crippen LogP contribution >= 0.6 is 0 Å². The molecular formula is C16H12O9S3. The van der Waals surface area contributed by atoms with Crippen molar-refractivity contribution in [2.75, 3.05) is 0 Å². The smallest absolute Gasteiger partial charge is 0.282 e. The van der Waals surface area contributed by atoms with E-state index in [1.807, 2.05) is 0 Å². The molecule has 0 heterocycles. The Kier molecular flexibility index (Phi) is 3.93. The van der Waals surface area contributed by atoms with E-state index >= 15 is 0 Å². The number of hydrogen-bond donors (Lipinski definition) is 3. The van der Waals surface area contributed by atoms with Crippen molar-refractivity contribution in [1.29, 1.82) is 0 Å². The highest BCUT2D eigenvalue weighted by atomic mass is 32.2. The van der Waals surface area contributed by atoms with Crippen LogP contribution in [0.2, 0.25) is 0 Å². The summed E-state index contributed by atoms with van der Waals surface area (Å²) in [5.74, 6) is -0.971. The monoisotopic (exact) mass is 444 g/mol. The molecule has 0 fully saturated rings. The molecule has 28 heavy (non-hydrogen) atoms. The van der Waals surface area contributed by atoms with Gasteiger partial charge >= 0.3 is 0 Å². The average Bonchev–Trinajstić information content (AvgIpc) is 2.55. The SMILES string of the molecule is O=S(=O)(O)C1=CCc2ccc3c(S(=O)(=O)O)cc(S(=O)(=O)O)c4c3c2C1C=C4. The zero-order valence-electron chi connectivity index (χ0n) is 13.8. The Hall–Kier alpha value is -2.09. The Balaban J connectivity index is 2.24. The molecule has 0 radical (unpaired) electrons. The largest absolute Gasteiger partial charge is 0.295 e. The standard InChI is InChI=1S/C16H12O9S3/c17-26(18,19)12-6-2-8-1-3-10-13(27(20,21)22)7-14(28(23,24)25)11-5-4-9(12)15(8)16(10)11/h1,3-7,9H,2H2,(H,17,18,19)(H,20,21,22)(H,23,24,25). The fourth-order valence-electron chi connectivity index (χ4n) is 3.81. The van der Waals surface area contributed by atoms with E-state index in [9.17, 15) is 38.9 Å². The van der Waals surface area contributed by atoms with Crippen LogP contribution in [-0.4, -0.2) is 38.9 Å². The van der Waals surface area contributed by atoms with Crippen LogP contribution in [0.25, 0.3) is 16.8 Å². The van der Waals surface area contributed by atoms with Gasteiger partial charge in [0.05, 0.1) is 4.91 Å². The Labute approximate surface area is 160 Å². The topological polar surface area (TPSA) is 163 Å². The molecule has 2 aliphatic carbocycles. The maximum absolute atomic E-state index is 11.8. The van der Waals surface area contributed by atoms with Gasteiger partial charge in [-0.25, -0.2) is 0 Å². The summed E-state index contributed by atoms with van der Waals surface area (Å²) in [6.45, 7) is 0. The van der Waals surface area contributed by atoms with E-state index in [2.05, 4.69) is 0 Å². The Morgan fingerprint density at radius 1 is 0.857 bits per heavy atom. The van der Waals surface area contributed by atoms with Crippen LogP contribution in [0.3, 0.4) is 0 Å². The van der Waals surface area contributed by atoms with E-state index in [1.165, 1.54) is 30.4 Å². The van der Waals surface area contributed by atoms with Crippen LogP contribution in [0, 0.1) is 0 Å². The highest BCUT2D eigenvalue weighted by Crippen LogP contribution is 2.47. The first-order chi connectivity index (χ1) is 12.8. The second kappa shape index (κ2) is 5.72. The molecule has 0 spiro atoms. The summed E-state index contributed by atoms with van der Waals surface area (Å²) in [7, 11) is -14.3. The van der Waals surface area contributed by atoms with Crippen molar-refractivity contribution in [1.82, 2.24) is 0 Å². The third-order valence-corrected chi connectivity index (χ3v) is 7.65. The summed E-state index contributed by atoms with van der Waals surface area (Å²) in [6, 6.07) is 3.56. The summed E-state index contributed by atoms with van der Waals surface area (Å²) in [5, 5.41) is 0.0385. The first-order valence-corrected chi connectivity index (χ1v) is 12.1. The lowest BCUT2D eigenvalue weighted by Crippen LogP contribution is -2.19. The molecule has 0 saturated heterocycles. The van der Waals surface area contributed by atoms with Gasteiger partial charge in [-0.2, -0.15) is 25.3 Å². The lowest BCUT2D eigenvalue weighted by Gasteiger charge is -2.29. The van der Waals surface area contributed by atoms with Crippen molar-refractivity contribution in [3.8, 4) is 0 Å². The number of hydrogen-bond acceptors (Lipinski definition) is 6. The van der Waals surface area contributed by atoms with Crippen LogP contribution in [-0.2, 0) is 36.8 Å². The molecule has 12 heteroatoms. The molecule has 0 bridgehead atoms. The Bertz CT molecular complexity index is 1440. The van der Waals surface area contributed by atoms with Gasteiger partial charge in [0.1, 0.15) is 9.79 Å². The molecule has 2 aromatic rings. The van der Waals surface area contributed by atoms with Gasteiger partial charge in [0.2, 0.25) is 0 Å². The van der Waals surface area contributed by atoms with E-state index in [-0.39, 0.29) is 27.7 Å². The van der Waals surface area contributed by atoms with E-state index in [4.69, 9.17) is 0 Å². The molecule has 2 aromatic carbocycles. The van der Waals surface area contributed by atoms with Gasteiger partial charge in [-0.1, -0.05) is 30.4 Å². The summed E-state index contributed by atoms with van der Waals surface area (Å²) < 4.78 is 99.5. The van der Waals surface area contributed by atoms with Crippen LogP contribution < -0.4 is 0 Å². The normalized spacial score (nSPS) is 19.0. The minimum atomic E-state index is -4.87. The summed E-state index contributed by atoms with van der Waals surface area (Å²) in [4.78, 5) is -1.79. The molecule has 0 aromatic heterocycles. The quantitative estimate of drug-likeness (QED) is 0.599. The van der Waals surface area contributed by atoms with E-state index in [1.54, 1.807) is 0 Å². The maximum Gasteiger partial charge on any atom is 0.295 e. The number of rotatable bonds is 3. The van der Waals surface area contributed by atoms with Gasteiger partial charge in [-0.3, -0.25) is 13.7 Å². The van der Waals surface area contributed by atoms with Crippen molar-refractivity contribution in [2.45, 2.75) is 22.1 Å². The molecule has 9 nitrogen and oxygen atoms in total. The van der Waals surface area contributed by atoms with Crippen molar-refractivity contribution in [3.05, 3.63) is 51.9 Å². The molecule has 3 N–H and O–H groups in total. The van der Waals surface area contributed by atoms with Crippen LogP contribution in [0.15, 0.2) is 45.0 Å². The third-order valence-electron chi connectivity index (χ3n) is 4.85. The molecule has 148 valence electrons. The van der Waals surface area contributed by atoms with Crippen molar-refractivity contribution in [3.63, 3.8) is 0 Å². The predicted molar refractivity (Wildman–Crippen MR) is 98.7 cm³/mol. The van der Waals surface area contributed by atoms with Crippen molar-refractivity contribution >= 4 is 47.2 Å². The zero-order chi connectivity index (χ0) is 20.6. The number of allylic oxidation sites excluding steroid dienone is 3. The molecule has 0 saturated carbocycles. The molecule has 1 atom stereocenters. The van der Waals surface area contributed by atoms with Gasteiger partial charge in [0, 0.05) is 16.9 Å². The van der Waals surface area contributed by atoms with E-state index in [0.29, 0.717) is 17.2 Å². The van der Waals surface area contributed by atoms with Crippen LogP contribution in [0.1, 0.15) is 22.6 Å². The predicted octanol–water partition coefficient (Wildman–Crippen LogP) is 1.77. The van der Waals surface area contributed by atoms with Crippen LogP contribution in [0.5, 0.6) is 0 Å². The molecule has 0 aliphatic heterocycles. The number of benzene rings is 2. The molecule has 2 aliphatic rings. The highest BCUT2D eigenvalue weighted by molar-refractivity contribution is 7.89. The third kappa shape index (κ3) is 2.80. The molecular weight excluding hydrogens is 432 g/mol. The van der Waals surface area contributed by atoms with Gasteiger partial charge in [0.15, 0.2) is 0 Å². The maximum atomic E-state index is 11.8. The minimum Gasteiger partial charge on any atom is -0.282 e. The summed E-state index contributed by atoms with van der Waals surface area (Å²) in [5.41, 5.74) is 0.847. The average molecular weight is 444 g/mol.